The summed E-state index contributed by atoms with van der Waals surface area (Å²) in [7, 11) is 0. The van der Waals surface area contributed by atoms with Gasteiger partial charge in [-0.2, -0.15) is 0 Å². The van der Waals surface area contributed by atoms with Crippen LogP contribution >= 0.6 is 34.8 Å². The summed E-state index contributed by atoms with van der Waals surface area (Å²) in [5.74, 6) is -1.51. The molecule has 0 aliphatic heterocycles. The van der Waals surface area contributed by atoms with Crippen LogP contribution in [0.2, 0.25) is 15.1 Å². The summed E-state index contributed by atoms with van der Waals surface area (Å²) in [4.78, 5) is 38.6. The van der Waals surface area contributed by atoms with Crippen molar-refractivity contribution in [3.63, 3.8) is 0 Å². The van der Waals surface area contributed by atoms with E-state index in [2.05, 4.69) is 10.3 Å². The van der Waals surface area contributed by atoms with Crippen molar-refractivity contribution in [1.29, 1.82) is 0 Å². The van der Waals surface area contributed by atoms with Crippen molar-refractivity contribution < 1.29 is 19.1 Å². The molecule has 1 amide bonds. The Hall–Kier alpha value is -2.02. The molecular weight excluding hydrogens is 403 g/mol. The van der Waals surface area contributed by atoms with Gasteiger partial charge in [-0.1, -0.05) is 34.8 Å². The number of aromatic amines is 1. The van der Waals surface area contributed by atoms with Crippen molar-refractivity contribution in [2.75, 3.05) is 11.9 Å². The van der Waals surface area contributed by atoms with Crippen LogP contribution in [0.15, 0.2) is 12.1 Å². The number of Topliss-reactive ketones (excluding diaryl/α,β-unsaturated/α-hetero) is 1. The summed E-state index contributed by atoms with van der Waals surface area (Å²) in [6.45, 7) is 4.18. The minimum atomic E-state index is -0.742. The number of aryl methyl sites for hydroxylation is 1. The van der Waals surface area contributed by atoms with Gasteiger partial charge in [0.05, 0.1) is 20.8 Å². The van der Waals surface area contributed by atoms with Gasteiger partial charge in [-0.25, -0.2) is 4.79 Å². The van der Waals surface area contributed by atoms with Crippen molar-refractivity contribution in [3.05, 3.63) is 49.7 Å². The molecule has 138 valence electrons. The summed E-state index contributed by atoms with van der Waals surface area (Å²) in [5.41, 5.74) is 1.85. The second-order valence-corrected chi connectivity index (χ2v) is 6.77. The van der Waals surface area contributed by atoms with Crippen molar-refractivity contribution in [3.8, 4) is 0 Å². The van der Waals surface area contributed by atoms with Crippen LogP contribution in [0.4, 0.5) is 5.69 Å². The SMILES string of the molecule is CC(=O)c1c(C)[nH]c(C(=O)OCC(=O)Nc2cc(Cl)c(Cl)cc2Cl)c1C. The molecule has 0 aliphatic rings. The Labute approximate surface area is 164 Å². The zero-order valence-corrected chi connectivity index (χ0v) is 16.4. The van der Waals surface area contributed by atoms with E-state index in [0.29, 0.717) is 16.8 Å². The molecule has 0 atom stereocenters. The fourth-order valence-corrected chi connectivity index (χ4v) is 3.08. The molecule has 0 bridgehead atoms. The van der Waals surface area contributed by atoms with Crippen molar-refractivity contribution in [1.82, 2.24) is 4.98 Å². The highest BCUT2D eigenvalue weighted by Crippen LogP contribution is 2.32. The Kier molecular flexibility index (Phi) is 6.34. The lowest BCUT2D eigenvalue weighted by Crippen LogP contribution is -2.21. The third kappa shape index (κ3) is 4.38. The number of H-pyrrole nitrogens is 1. The smallest absolute Gasteiger partial charge is 0.355 e. The van der Waals surface area contributed by atoms with Crippen LogP contribution in [-0.2, 0) is 9.53 Å². The summed E-state index contributed by atoms with van der Waals surface area (Å²) in [6.07, 6.45) is 0. The van der Waals surface area contributed by atoms with Gasteiger partial charge >= 0.3 is 5.97 Å². The second kappa shape index (κ2) is 8.12. The Morgan fingerprint density at radius 1 is 1.08 bits per heavy atom. The first-order valence-electron chi connectivity index (χ1n) is 7.43. The average molecular weight is 418 g/mol. The molecule has 2 aromatic rings. The van der Waals surface area contributed by atoms with Gasteiger partial charge < -0.3 is 15.0 Å². The van der Waals surface area contributed by atoms with E-state index in [1.165, 1.54) is 19.1 Å². The predicted molar refractivity (Wildman–Crippen MR) is 101 cm³/mol. The van der Waals surface area contributed by atoms with Crippen LogP contribution in [0.3, 0.4) is 0 Å². The minimum Gasteiger partial charge on any atom is -0.451 e. The molecule has 2 rings (SSSR count). The highest BCUT2D eigenvalue weighted by atomic mass is 35.5. The number of halogens is 3. The Bertz CT molecular complexity index is 906. The van der Waals surface area contributed by atoms with Crippen LogP contribution in [0.25, 0.3) is 0 Å². The predicted octanol–water partition coefficient (Wildman–Crippen LogP) is 4.59. The number of ether oxygens (including phenoxy) is 1. The quantitative estimate of drug-likeness (QED) is 0.423. The molecule has 1 aromatic heterocycles. The van der Waals surface area contributed by atoms with Gasteiger partial charge in [0.15, 0.2) is 12.4 Å². The Morgan fingerprint density at radius 3 is 2.27 bits per heavy atom. The molecular formula is C17H15Cl3N2O4. The van der Waals surface area contributed by atoms with E-state index < -0.39 is 18.5 Å². The molecule has 0 saturated heterocycles. The highest BCUT2D eigenvalue weighted by Gasteiger charge is 2.21. The number of hydrogen-bond donors (Lipinski definition) is 2. The number of ketones is 1. The first-order valence-corrected chi connectivity index (χ1v) is 8.56. The number of amides is 1. The molecule has 9 heteroatoms. The van der Waals surface area contributed by atoms with E-state index in [-0.39, 0.29) is 32.2 Å². The van der Waals surface area contributed by atoms with E-state index in [4.69, 9.17) is 39.5 Å². The van der Waals surface area contributed by atoms with Crippen LogP contribution in [0.5, 0.6) is 0 Å². The number of carbonyl (C=O) groups is 3. The first-order chi connectivity index (χ1) is 12.1. The maximum Gasteiger partial charge on any atom is 0.355 e. The summed E-state index contributed by atoms with van der Waals surface area (Å²) < 4.78 is 4.99. The van der Waals surface area contributed by atoms with Crippen molar-refractivity contribution in [2.24, 2.45) is 0 Å². The van der Waals surface area contributed by atoms with Crippen LogP contribution in [0, 0.1) is 13.8 Å². The number of anilines is 1. The molecule has 2 N–H and O–H groups in total. The zero-order valence-electron chi connectivity index (χ0n) is 14.1. The molecule has 6 nitrogen and oxygen atoms in total. The standard InChI is InChI=1S/C17H15Cl3N2O4/c1-7-15(9(3)23)8(2)21-16(7)17(25)26-6-14(24)22-13-5-11(19)10(18)4-12(13)20/h4-5,21H,6H2,1-3H3,(H,22,24). The van der Waals surface area contributed by atoms with Crippen LogP contribution in [0.1, 0.15) is 39.0 Å². The maximum atomic E-state index is 12.2. The van der Waals surface area contributed by atoms with Gasteiger partial charge in [0.1, 0.15) is 5.69 Å². The molecule has 0 spiro atoms. The molecule has 1 heterocycles. The lowest BCUT2D eigenvalue weighted by molar-refractivity contribution is -0.119. The maximum absolute atomic E-state index is 12.2. The number of rotatable bonds is 5. The zero-order chi connectivity index (χ0) is 19.6. The fraction of sp³-hybridized carbons (Fsp3) is 0.235. The summed E-state index contributed by atoms with van der Waals surface area (Å²) in [6, 6.07) is 2.78. The average Bonchev–Trinajstić information content (AvgIpc) is 2.85. The summed E-state index contributed by atoms with van der Waals surface area (Å²) in [5, 5.41) is 3.14. The fourth-order valence-electron chi connectivity index (χ4n) is 2.49. The van der Waals surface area contributed by atoms with Crippen molar-refractivity contribution >= 4 is 58.1 Å². The molecule has 0 unspecified atom stereocenters. The Morgan fingerprint density at radius 2 is 1.69 bits per heavy atom. The second-order valence-electron chi connectivity index (χ2n) is 5.55. The molecule has 0 saturated carbocycles. The molecule has 0 radical (unpaired) electrons. The third-order valence-corrected chi connectivity index (χ3v) is 4.65. The van der Waals surface area contributed by atoms with Gasteiger partial charge in [0, 0.05) is 11.3 Å². The van der Waals surface area contributed by atoms with E-state index in [1.54, 1.807) is 13.8 Å². The van der Waals surface area contributed by atoms with Crippen LogP contribution in [-0.4, -0.2) is 29.3 Å². The number of nitrogens with one attached hydrogen (secondary N) is 2. The van der Waals surface area contributed by atoms with E-state index in [0.717, 1.165) is 0 Å². The van der Waals surface area contributed by atoms with Crippen LogP contribution < -0.4 is 5.32 Å². The lowest BCUT2D eigenvalue weighted by Gasteiger charge is -2.09. The summed E-state index contributed by atoms with van der Waals surface area (Å²) >= 11 is 17.7. The van der Waals surface area contributed by atoms with Gasteiger partial charge in [-0.3, -0.25) is 9.59 Å². The van der Waals surface area contributed by atoms with Gasteiger partial charge in [-0.05, 0) is 38.5 Å². The van der Waals surface area contributed by atoms with E-state index in [1.807, 2.05) is 0 Å². The van der Waals surface area contributed by atoms with Gasteiger partial charge in [-0.15, -0.1) is 0 Å². The monoisotopic (exact) mass is 416 g/mol. The topological polar surface area (TPSA) is 88.3 Å². The number of hydrogen-bond acceptors (Lipinski definition) is 4. The van der Waals surface area contributed by atoms with Gasteiger partial charge in [0.25, 0.3) is 5.91 Å². The lowest BCUT2D eigenvalue weighted by atomic mass is 10.1. The molecule has 0 aliphatic carbocycles. The Balaban J connectivity index is 2.04. The molecule has 0 fully saturated rings. The van der Waals surface area contributed by atoms with Gasteiger partial charge in [0.2, 0.25) is 0 Å². The normalized spacial score (nSPS) is 10.5. The largest absolute Gasteiger partial charge is 0.451 e. The minimum absolute atomic E-state index is 0.132. The molecule has 26 heavy (non-hydrogen) atoms. The van der Waals surface area contributed by atoms with Crippen molar-refractivity contribution in [2.45, 2.75) is 20.8 Å². The number of esters is 1. The number of carbonyl (C=O) groups excluding carboxylic acids is 3. The number of aromatic nitrogens is 1. The first kappa shape index (κ1) is 20.3. The third-order valence-electron chi connectivity index (χ3n) is 3.61. The number of benzene rings is 1. The molecule has 1 aromatic carbocycles. The van der Waals surface area contributed by atoms with E-state index in [9.17, 15) is 14.4 Å². The van der Waals surface area contributed by atoms with E-state index >= 15 is 0 Å². The highest BCUT2D eigenvalue weighted by molar-refractivity contribution is 6.44.